The SMILES string of the molecule is C/C=C/C=C/C(=O)Nc1ccc2c(c1)C(=O)CC(C)(C)O2. The molecular weight excluding hydrogens is 266 g/mol. The second-order valence-electron chi connectivity index (χ2n) is 5.55. The van der Waals surface area contributed by atoms with Crippen LogP contribution in [0.1, 0.15) is 37.6 Å². The lowest BCUT2D eigenvalue weighted by Crippen LogP contribution is -2.35. The van der Waals surface area contributed by atoms with Gasteiger partial charge in [0.1, 0.15) is 11.4 Å². The largest absolute Gasteiger partial charge is 0.487 e. The number of hydrogen-bond donors (Lipinski definition) is 1. The number of allylic oxidation sites excluding steroid dienone is 3. The van der Waals surface area contributed by atoms with Crippen LogP contribution >= 0.6 is 0 Å². The monoisotopic (exact) mass is 285 g/mol. The summed E-state index contributed by atoms with van der Waals surface area (Å²) >= 11 is 0. The number of ether oxygens (including phenoxy) is 1. The molecule has 0 saturated carbocycles. The van der Waals surface area contributed by atoms with Crippen LogP contribution in [0, 0.1) is 0 Å². The van der Waals surface area contributed by atoms with Gasteiger partial charge in [-0.3, -0.25) is 9.59 Å². The van der Waals surface area contributed by atoms with Crippen LogP contribution < -0.4 is 10.1 Å². The number of rotatable bonds is 3. The Labute approximate surface area is 124 Å². The van der Waals surface area contributed by atoms with E-state index < -0.39 is 5.60 Å². The Balaban J connectivity index is 2.17. The highest BCUT2D eigenvalue weighted by Gasteiger charge is 2.32. The van der Waals surface area contributed by atoms with Gasteiger partial charge in [-0.25, -0.2) is 0 Å². The van der Waals surface area contributed by atoms with E-state index in [0.29, 0.717) is 23.4 Å². The molecule has 2 rings (SSSR count). The lowest BCUT2D eigenvalue weighted by molar-refractivity contribution is -0.111. The zero-order valence-corrected chi connectivity index (χ0v) is 12.5. The minimum absolute atomic E-state index is 0.0295. The average Bonchev–Trinajstić information content (AvgIpc) is 2.39. The van der Waals surface area contributed by atoms with E-state index in [-0.39, 0.29) is 11.7 Å². The Morgan fingerprint density at radius 3 is 2.81 bits per heavy atom. The summed E-state index contributed by atoms with van der Waals surface area (Å²) < 4.78 is 5.77. The van der Waals surface area contributed by atoms with Crippen molar-refractivity contribution in [2.45, 2.75) is 32.8 Å². The standard InChI is InChI=1S/C17H19NO3/c1-4-5-6-7-16(20)18-12-8-9-15-13(10-12)14(19)11-17(2,3)21-15/h4-10H,11H2,1-3H3,(H,18,20)/b5-4+,7-6+. The van der Waals surface area contributed by atoms with E-state index in [4.69, 9.17) is 4.74 Å². The molecule has 4 heteroatoms. The third-order valence-electron chi connectivity index (χ3n) is 3.07. The molecule has 0 aromatic heterocycles. The van der Waals surface area contributed by atoms with Crippen molar-refractivity contribution < 1.29 is 14.3 Å². The molecule has 0 spiro atoms. The molecule has 1 aromatic carbocycles. The molecular formula is C17H19NO3. The van der Waals surface area contributed by atoms with Crippen molar-refractivity contribution >= 4 is 17.4 Å². The van der Waals surface area contributed by atoms with Crippen molar-refractivity contribution in [2.75, 3.05) is 5.32 Å². The Hall–Kier alpha value is -2.36. The highest BCUT2D eigenvalue weighted by molar-refractivity contribution is 6.03. The summed E-state index contributed by atoms with van der Waals surface area (Å²) in [6, 6.07) is 5.11. The summed E-state index contributed by atoms with van der Waals surface area (Å²) in [5.74, 6) is 0.359. The second kappa shape index (κ2) is 5.95. The molecule has 0 saturated heterocycles. The van der Waals surface area contributed by atoms with Gasteiger partial charge in [0.2, 0.25) is 5.91 Å². The van der Waals surface area contributed by atoms with Crippen molar-refractivity contribution in [1.29, 1.82) is 0 Å². The van der Waals surface area contributed by atoms with Gasteiger partial charge in [0.25, 0.3) is 0 Å². The number of nitrogens with one attached hydrogen (secondary N) is 1. The van der Waals surface area contributed by atoms with E-state index in [2.05, 4.69) is 5.32 Å². The van der Waals surface area contributed by atoms with Gasteiger partial charge in [0.05, 0.1) is 12.0 Å². The van der Waals surface area contributed by atoms with Crippen LogP contribution in [0.4, 0.5) is 5.69 Å². The number of ketones is 1. The van der Waals surface area contributed by atoms with E-state index in [1.807, 2.05) is 26.8 Å². The van der Waals surface area contributed by atoms with Crippen LogP contribution in [0.2, 0.25) is 0 Å². The first-order valence-corrected chi connectivity index (χ1v) is 6.88. The summed E-state index contributed by atoms with van der Waals surface area (Å²) in [6.07, 6.45) is 7.02. The molecule has 0 aliphatic carbocycles. The van der Waals surface area contributed by atoms with Gasteiger partial charge in [-0.15, -0.1) is 0 Å². The lowest BCUT2D eigenvalue weighted by atomic mass is 9.93. The Bertz CT molecular complexity index is 627. The molecule has 0 bridgehead atoms. The van der Waals surface area contributed by atoms with E-state index in [0.717, 1.165) is 0 Å². The summed E-state index contributed by atoms with van der Waals surface area (Å²) in [6.45, 7) is 5.64. The maximum Gasteiger partial charge on any atom is 0.248 e. The zero-order chi connectivity index (χ0) is 15.5. The number of carbonyl (C=O) groups excluding carboxylic acids is 2. The van der Waals surface area contributed by atoms with E-state index >= 15 is 0 Å². The number of anilines is 1. The third-order valence-corrected chi connectivity index (χ3v) is 3.07. The Morgan fingerprint density at radius 2 is 2.10 bits per heavy atom. The number of amides is 1. The molecule has 1 aliphatic heterocycles. The van der Waals surface area contributed by atoms with Gasteiger partial charge >= 0.3 is 0 Å². The predicted molar refractivity (Wildman–Crippen MR) is 82.7 cm³/mol. The molecule has 4 nitrogen and oxygen atoms in total. The van der Waals surface area contributed by atoms with Crippen molar-refractivity contribution in [3.63, 3.8) is 0 Å². The third kappa shape index (κ3) is 3.81. The van der Waals surface area contributed by atoms with Crippen molar-refractivity contribution in [1.82, 2.24) is 0 Å². The van der Waals surface area contributed by atoms with Crippen LogP contribution in [-0.2, 0) is 4.79 Å². The molecule has 1 aromatic rings. The van der Waals surface area contributed by atoms with Crippen LogP contribution in [0.3, 0.4) is 0 Å². The Morgan fingerprint density at radius 1 is 1.33 bits per heavy atom. The topological polar surface area (TPSA) is 55.4 Å². The first-order chi connectivity index (χ1) is 9.91. The van der Waals surface area contributed by atoms with E-state index in [1.54, 1.807) is 30.4 Å². The number of fused-ring (bicyclic) bond motifs is 1. The fraction of sp³-hybridized carbons (Fsp3) is 0.294. The van der Waals surface area contributed by atoms with E-state index in [9.17, 15) is 9.59 Å². The highest BCUT2D eigenvalue weighted by atomic mass is 16.5. The number of Topliss-reactive ketones (excluding diaryl/α,β-unsaturated/α-hetero) is 1. The van der Waals surface area contributed by atoms with Gasteiger partial charge in [-0.1, -0.05) is 18.2 Å². The van der Waals surface area contributed by atoms with Gasteiger partial charge in [-0.05, 0) is 39.0 Å². The maximum atomic E-state index is 12.1. The lowest BCUT2D eigenvalue weighted by Gasteiger charge is -2.31. The van der Waals surface area contributed by atoms with Crippen LogP contribution in [0.25, 0.3) is 0 Å². The minimum atomic E-state index is -0.482. The van der Waals surface area contributed by atoms with Crippen LogP contribution in [0.5, 0.6) is 5.75 Å². The predicted octanol–water partition coefficient (Wildman–Crippen LogP) is 3.50. The van der Waals surface area contributed by atoms with E-state index in [1.165, 1.54) is 6.08 Å². The second-order valence-corrected chi connectivity index (χ2v) is 5.55. The van der Waals surface area contributed by atoms with Crippen LogP contribution in [-0.4, -0.2) is 17.3 Å². The van der Waals surface area contributed by atoms with Crippen molar-refractivity contribution in [3.05, 3.63) is 48.1 Å². The zero-order valence-electron chi connectivity index (χ0n) is 12.5. The normalized spacial score (nSPS) is 16.8. The Kier molecular flexibility index (Phi) is 4.26. The fourth-order valence-corrected chi connectivity index (χ4v) is 2.17. The maximum absolute atomic E-state index is 12.1. The molecule has 1 amide bonds. The summed E-state index contributed by atoms with van der Waals surface area (Å²) in [5.41, 5.74) is 0.620. The summed E-state index contributed by atoms with van der Waals surface area (Å²) in [5, 5.41) is 2.72. The quantitative estimate of drug-likeness (QED) is 0.683. The van der Waals surface area contributed by atoms with Gasteiger partial charge in [0.15, 0.2) is 5.78 Å². The first-order valence-electron chi connectivity index (χ1n) is 6.88. The number of benzene rings is 1. The summed E-state index contributed by atoms with van der Waals surface area (Å²) in [4.78, 5) is 23.8. The molecule has 110 valence electrons. The van der Waals surface area contributed by atoms with Crippen molar-refractivity contribution in [3.8, 4) is 5.75 Å². The van der Waals surface area contributed by atoms with Gasteiger partial charge < -0.3 is 10.1 Å². The molecule has 1 aliphatic rings. The number of carbonyl (C=O) groups is 2. The highest BCUT2D eigenvalue weighted by Crippen LogP contribution is 2.34. The molecule has 1 heterocycles. The first kappa shape index (κ1) is 15.0. The van der Waals surface area contributed by atoms with Gasteiger partial charge in [0, 0.05) is 11.8 Å². The molecule has 0 fully saturated rings. The molecule has 0 radical (unpaired) electrons. The number of hydrogen-bond acceptors (Lipinski definition) is 3. The van der Waals surface area contributed by atoms with Crippen LogP contribution in [0.15, 0.2) is 42.5 Å². The average molecular weight is 285 g/mol. The fourth-order valence-electron chi connectivity index (χ4n) is 2.17. The molecule has 0 atom stereocenters. The molecule has 1 N–H and O–H groups in total. The summed E-state index contributed by atoms with van der Waals surface area (Å²) in [7, 11) is 0. The smallest absolute Gasteiger partial charge is 0.248 e. The van der Waals surface area contributed by atoms with Gasteiger partial charge in [-0.2, -0.15) is 0 Å². The van der Waals surface area contributed by atoms with Crippen molar-refractivity contribution in [2.24, 2.45) is 0 Å². The minimum Gasteiger partial charge on any atom is -0.487 e. The molecule has 21 heavy (non-hydrogen) atoms. The molecule has 0 unspecified atom stereocenters.